The normalized spacial score (nSPS) is 13.9. The first-order chi connectivity index (χ1) is 16.9. The molecule has 1 aliphatic rings. The smallest absolute Gasteiger partial charge is 0.429 e. The number of ether oxygens (including phenoxy) is 2. The van der Waals surface area contributed by atoms with Crippen LogP contribution in [0.4, 0.5) is 21.0 Å². The monoisotopic (exact) mass is 524 g/mol. The van der Waals surface area contributed by atoms with Gasteiger partial charge in [-0.2, -0.15) is 8.42 Å². The highest BCUT2D eigenvalue weighted by molar-refractivity contribution is 7.86. The zero-order chi connectivity index (χ0) is 26.5. The van der Waals surface area contributed by atoms with Crippen molar-refractivity contribution in [1.29, 1.82) is 0 Å². The number of rotatable bonds is 8. The number of hydrazine groups is 1. The molecule has 0 atom stereocenters. The first-order valence-electron chi connectivity index (χ1n) is 10.2. The van der Waals surface area contributed by atoms with E-state index in [1.807, 2.05) is 0 Å². The Balaban J connectivity index is 1.66. The van der Waals surface area contributed by atoms with Gasteiger partial charge in [-0.25, -0.2) is 19.6 Å². The number of hydrogen-bond donors (Lipinski definition) is 0. The van der Waals surface area contributed by atoms with Crippen LogP contribution in [0, 0.1) is 20.2 Å². The number of carbonyl (C=O) groups is 2. The minimum atomic E-state index is -3.91. The van der Waals surface area contributed by atoms with E-state index in [4.69, 9.17) is 13.7 Å². The van der Waals surface area contributed by atoms with Crippen molar-refractivity contribution in [3.8, 4) is 0 Å². The molecule has 0 N–H and O–H groups in total. The van der Waals surface area contributed by atoms with Crippen molar-refractivity contribution < 1.29 is 41.5 Å². The van der Waals surface area contributed by atoms with Crippen LogP contribution in [-0.2, 0) is 37.0 Å². The first kappa shape index (κ1) is 26.3. The van der Waals surface area contributed by atoms with E-state index in [-0.39, 0.29) is 37.7 Å². The number of nitro benzene ring substituents is 2. The van der Waals surface area contributed by atoms with Crippen LogP contribution >= 0.6 is 0 Å². The lowest BCUT2D eigenvalue weighted by molar-refractivity contribution is -0.385. The fourth-order valence-corrected chi connectivity index (χ4v) is 3.78. The second-order valence-electron chi connectivity index (χ2n) is 7.54. The fraction of sp³-hybridized carbons (Fsp3) is 0.300. The maximum atomic E-state index is 12.7. The van der Waals surface area contributed by atoms with Crippen molar-refractivity contribution >= 4 is 33.7 Å². The highest BCUT2D eigenvalue weighted by Crippen LogP contribution is 2.20. The second kappa shape index (κ2) is 11.0. The number of amides is 2. The maximum Gasteiger partial charge on any atom is 0.429 e. The third kappa shape index (κ3) is 7.09. The van der Waals surface area contributed by atoms with Gasteiger partial charge in [0.25, 0.3) is 21.5 Å². The molecule has 1 saturated heterocycles. The third-order valence-corrected chi connectivity index (χ3v) is 5.42. The Kier molecular flexibility index (Phi) is 8.00. The molecular weight excluding hydrogens is 504 g/mol. The summed E-state index contributed by atoms with van der Waals surface area (Å²) in [6.07, 6.45) is -2.29. The number of hydrogen-bond acceptors (Lipinski definition) is 11. The predicted octanol–water partition coefficient (Wildman–Crippen LogP) is 2.35. The highest BCUT2D eigenvalue weighted by Gasteiger charge is 2.40. The number of nitrogens with zero attached hydrogens (tertiary/aromatic N) is 4. The SMILES string of the molecule is CS(=O)(=O)OC1CN(C(=O)OCc2ccc([N+](=O)[O-])cc2)N(C(=O)OCc2ccc([N+](=O)[O-])cc2)C1. The molecule has 0 spiro atoms. The molecule has 2 aromatic carbocycles. The van der Waals surface area contributed by atoms with Crippen LogP contribution in [0.3, 0.4) is 0 Å². The molecule has 2 aromatic rings. The van der Waals surface area contributed by atoms with Gasteiger partial charge in [-0.1, -0.05) is 0 Å². The predicted molar refractivity (Wildman–Crippen MR) is 120 cm³/mol. The summed E-state index contributed by atoms with van der Waals surface area (Å²) >= 11 is 0. The van der Waals surface area contributed by atoms with Gasteiger partial charge < -0.3 is 9.47 Å². The fourth-order valence-electron chi connectivity index (χ4n) is 3.16. The first-order valence-corrected chi connectivity index (χ1v) is 12.0. The molecule has 0 bridgehead atoms. The average molecular weight is 524 g/mol. The molecule has 36 heavy (non-hydrogen) atoms. The summed E-state index contributed by atoms with van der Waals surface area (Å²) in [5.74, 6) is 0. The Morgan fingerprint density at radius 2 is 1.19 bits per heavy atom. The Hall–Kier alpha value is -4.31. The van der Waals surface area contributed by atoms with Gasteiger partial charge in [-0.3, -0.25) is 24.4 Å². The van der Waals surface area contributed by atoms with Crippen molar-refractivity contribution in [2.24, 2.45) is 0 Å². The van der Waals surface area contributed by atoms with Gasteiger partial charge in [0.15, 0.2) is 0 Å². The van der Waals surface area contributed by atoms with E-state index in [1.165, 1.54) is 48.5 Å². The standard InChI is InChI=1S/C20H20N4O11S/c1-36(31,32)35-18-10-21(19(25)33-12-14-2-6-16(7-3-14)23(27)28)22(11-18)20(26)34-13-15-4-8-17(9-5-15)24(29)30/h2-9,18H,10-13H2,1H3. The molecule has 1 aliphatic heterocycles. The van der Waals surface area contributed by atoms with E-state index >= 15 is 0 Å². The number of benzene rings is 2. The number of non-ortho nitro benzene ring substituents is 2. The Bertz CT molecular complexity index is 1170. The van der Waals surface area contributed by atoms with Crippen molar-refractivity contribution in [3.63, 3.8) is 0 Å². The topological polar surface area (TPSA) is 189 Å². The van der Waals surface area contributed by atoms with Crippen molar-refractivity contribution in [1.82, 2.24) is 10.0 Å². The molecule has 1 heterocycles. The Labute approximate surface area is 204 Å². The zero-order valence-electron chi connectivity index (χ0n) is 18.7. The van der Waals surface area contributed by atoms with E-state index in [2.05, 4.69) is 0 Å². The summed E-state index contributed by atoms with van der Waals surface area (Å²) in [5, 5.41) is 23.1. The highest BCUT2D eigenvalue weighted by atomic mass is 32.2. The van der Waals surface area contributed by atoms with Crippen molar-refractivity contribution in [2.75, 3.05) is 19.3 Å². The molecule has 16 heteroatoms. The molecule has 0 unspecified atom stereocenters. The van der Waals surface area contributed by atoms with Gasteiger partial charge in [-0.05, 0) is 35.4 Å². The van der Waals surface area contributed by atoms with Crippen LogP contribution in [0.5, 0.6) is 0 Å². The second-order valence-corrected chi connectivity index (χ2v) is 9.14. The summed E-state index contributed by atoms with van der Waals surface area (Å²) in [5.41, 5.74) is 0.577. The molecule has 0 saturated carbocycles. The maximum absolute atomic E-state index is 12.7. The van der Waals surface area contributed by atoms with Gasteiger partial charge in [0.2, 0.25) is 0 Å². The van der Waals surface area contributed by atoms with Crippen LogP contribution < -0.4 is 0 Å². The van der Waals surface area contributed by atoms with Crippen molar-refractivity contribution in [2.45, 2.75) is 19.3 Å². The van der Waals surface area contributed by atoms with Gasteiger partial charge in [0, 0.05) is 24.3 Å². The van der Waals surface area contributed by atoms with Gasteiger partial charge in [0.05, 0.1) is 29.2 Å². The molecule has 1 fully saturated rings. The average Bonchev–Trinajstić information content (AvgIpc) is 3.23. The minimum absolute atomic E-state index is 0.146. The number of nitro groups is 2. The van der Waals surface area contributed by atoms with E-state index in [9.17, 15) is 38.2 Å². The van der Waals surface area contributed by atoms with Crippen LogP contribution in [0.15, 0.2) is 48.5 Å². The van der Waals surface area contributed by atoms with E-state index < -0.39 is 38.3 Å². The van der Waals surface area contributed by atoms with Crippen molar-refractivity contribution in [3.05, 3.63) is 79.9 Å². The van der Waals surface area contributed by atoms with Crippen LogP contribution in [0.1, 0.15) is 11.1 Å². The Morgan fingerprint density at radius 1 is 0.833 bits per heavy atom. The molecule has 3 rings (SSSR count). The van der Waals surface area contributed by atoms with Crippen LogP contribution in [0.25, 0.3) is 0 Å². The summed E-state index contributed by atoms with van der Waals surface area (Å²) in [7, 11) is -3.91. The molecule has 2 amide bonds. The van der Waals surface area contributed by atoms with Gasteiger partial charge in [0.1, 0.15) is 19.3 Å². The van der Waals surface area contributed by atoms with E-state index in [0.29, 0.717) is 11.1 Å². The molecule has 0 aliphatic carbocycles. The third-order valence-electron chi connectivity index (χ3n) is 4.80. The molecule has 192 valence electrons. The van der Waals surface area contributed by atoms with Crippen LogP contribution in [-0.4, -0.2) is 65.9 Å². The number of carbonyl (C=O) groups excluding carboxylic acids is 2. The van der Waals surface area contributed by atoms with Gasteiger partial charge in [-0.15, -0.1) is 0 Å². The van der Waals surface area contributed by atoms with Gasteiger partial charge >= 0.3 is 12.2 Å². The summed E-state index contributed by atoms with van der Waals surface area (Å²) in [6.45, 7) is -1.23. The summed E-state index contributed by atoms with van der Waals surface area (Å²) in [4.78, 5) is 45.7. The van der Waals surface area contributed by atoms with Crippen LogP contribution in [0.2, 0.25) is 0 Å². The quantitative estimate of drug-likeness (QED) is 0.280. The molecule has 15 nitrogen and oxygen atoms in total. The van der Waals surface area contributed by atoms with E-state index in [0.717, 1.165) is 16.3 Å². The largest absolute Gasteiger partial charge is 0.443 e. The molecular formula is C20H20N4O11S. The minimum Gasteiger partial charge on any atom is -0.443 e. The summed E-state index contributed by atoms with van der Waals surface area (Å²) in [6, 6.07) is 10.5. The lowest BCUT2D eigenvalue weighted by Crippen LogP contribution is -2.45. The summed E-state index contributed by atoms with van der Waals surface area (Å²) < 4.78 is 38.3. The molecule has 0 aromatic heterocycles. The zero-order valence-corrected chi connectivity index (χ0v) is 19.5. The Morgan fingerprint density at radius 3 is 1.50 bits per heavy atom. The van der Waals surface area contributed by atoms with E-state index in [1.54, 1.807) is 0 Å². The lowest BCUT2D eigenvalue weighted by Gasteiger charge is -2.25. The molecule has 0 radical (unpaired) electrons. The lowest BCUT2D eigenvalue weighted by atomic mass is 10.2.